The van der Waals surface area contributed by atoms with Gasteiger partial charge in [-0.25, -0.2) is 4.79 Å². The number of aromatic nitrogens is 1. The van der Waals surface area contributed by atoms with Crippen LogP contribution in [0.3, 0.4) is 0 Å². The van der Waals surface area contributed by atoms with Crippen LogP contribution in [-0.2, 0) is 4.74 Å². The number of ether oxygens (including phenoxy) is 1. The summed E-state index contributed by atoms with van der Waals surface area (Å²) in [5.41, 5.74) is 0.595. The van der Waals surface area contributed by atoms with E-state index in [1.807, 2.05) is 12.1 Å². The van der Waals surface area contributed by atoms with Gasteiger partial charge in [-0.3, -0.25) is 0 Å². The number of benzene rings is 1. The summed E-state index contributed by atoms with van der Waals surface area (Å²) in [5, 5.41) is 0.871. The van der Waals surface area contributed by atoms with E-state index in [-0.39, 0.29) is 5.97 Å². The minimum atomic E-state index is -0.279. The highest BCUT2D eigenvalue weighted by Gasteiger charge is 2.11. The highest BCUT2D eigenvalue weighted by molar-refractivity contribution is 7.13. The molecule has 0 aliphatic carbocycles. The summed E-state index contributed by atoms with van der Waals surface area (Å²) in [5.74, 6) is -0.279. The minimum Gasteiger partial charge on any atom is -0.462 e. The second-order valence-corrected chi connectivity index (χ2v) is 3.60. The van der Waals surface area contributed by atoms with Crippen LogP contribution in [0.25, 0.3) is 10.1 Å². The van der Waals surface area contributed by atoms with Crippen LogP contribution in [0, 0.1) is 0 Å². The molecule has 0 unspecified atom stereocenters. The third-order valence-corrected chi connectivity index (χ3v) is 2.66. The van der Waals surface area contributed by atoms with Crippen LogP contribution in [-0.4, -0.2) is 16.9 Å². The molecule has 0 aliphatic heterocycles. The molecular weight excluding hydrogens is 198 g/mol. The third-order valence-electron chi connectivity index (χ3n) is 1.89. The fraction of sp³-hybridized carbons (Fsp3) is 0.200. The molecule has 0 spiro atoms. The van der Waals surface area contributed by atoms with Crippen molar-refractivity contribution < 1.29 is 9.53 Å². The van der Waals surface area contributed by atoms with E-state index in [2.05, 4.69) is 4.37 Å². The van der Waals surface area contributed by atoms with Crippen LogP contribution >= 0.6 is 11.5 Å². The molecule has 0 bridgehead atoms. The molecule has 0 aliphatic rings. The Kier molecular flexibility index (Phi) is 2.45. The Bertz CT molecular complexity index is 464. The Labute approximate surface area is 85.5 Å². The molecule has 1 aromatic carbocycles. The van der Waals surface area contributed by atoms with Crippen molar-refractivity contribution in [1.29, 1.82) is 0 Å². The molecule has 3 nitrogen and oxygen atoms in total. The van der Waals surface area contributed by atoms with Crippen molar-refractivity contribution in [3.8, 4) is 0 Å². The Hall–Kier alpha value is -1.42. The largest absolute Gasteiger partial charge is 0.462 e. The molecule has 0 atom stereocenters. The smallest absolute Gasteiger partial charge is 0.338 e. The van der Waals surface area contributed by atoms with E-state index < -0.39 is 0 Å². The zero-order chi connectivity index (χ0) is 9.97. The Morgan fingerprint density at radius 2 is 2.43 bits per heavy atom. The minimum absolute atomic E-state index is 0.279. The van der Waals surface area contributed by atoms with Gasteiger partial charge in [0.25, 0.3) is 0 Å². The molecule has 1 aromatic heterocycles. The van der Waals surface area contributed by atoms with Gasteiger partial charge in [-0.2, -0.15) is 4.37 Å². The first kappa shape index (κ1) is 9.15. The van der Waals surface area contributed by atoms with E-state index in [4.69, 9.17) is 4.74 Å². The van der Waals surface area contributed by atoms with Gasteiger partial charge < -0.3 is 4.74 Å². The van der Waals surface area contributed by atoms with E-state index in [0.29, 0.717) is 12.2 Å². The third kappa shape index (κ3) is 1.48. The number of hydrogen-bond acceptors (Lipinski definition) is 4. The summed E-state index contributed by atoms with van der Waals surface area (Å²) >= 11 is 1.38. The number of carbonyl (C=O) groups is 1. The highest BCUT2D eigenvalue weighted by Crippen LogP contribution is 2.22. The van der Waals surface area contributed by atoms with Gasteiger partial charge in [-0.05, 0) is 30.6 Å². The lowest BCUT2D eigenvalue weighted by atomic mass is 10.1. The molecule has 1 heterocycles. The summed E-state index contributed by atoms with van der Waals surface area (Å²) in [4.78, 5) is 11.5. The van der Waals surface area contributed by atoms with Crippen molar-refractivity contribution in [3.05, 3.63) is 30.0 Å². The van der Waals surface area contributed by atoms with Crippen LogP contribution in [0.2, 0.25) is 0 Å². The maximum absolute atomic E-state index is 11.5. The first-order chi connectivity index (χ1) is 6.83. The topological polar surface area (TPSA) is 39.2 Å². The van der Waals surface area contributed by atoms with Gasteiger partial charge in [0.2, 0.25) is 0 Å². The van der Waals surface area contributed by atoms with Crippen molar-refractivity contribution in [2.24, 2.45) is 0 Å². The summed E-state index contributed by atoms with van der Waals surface area (Å²) in [6.07, 6.45) is 1.70. The van der Waals surface area contributed by atoms with E-state index in [9.17, 15) is 4.79 Å². The van der Waals surface area contributed by atoms with Gasteiger partial charge >= 0.3 is 5.97 Å². The Morgan fingerprint density at radius 1 is 1.57 bits per heavy atom. The van der Waals surface area contributed by atoms with Crippen molar-refractivity contribution in [1.82, 2.24) is 4.37 Å². The fourth-order valence-electron chi connectivity index (χ4n) is 1.28. The number of nitrogens with zero attached hydrogens (tertiary/aromatic N) is 1. The van der Waals surface area contributed by atoms with E-state index in [1.165, 1.54) is 11.5 Å². The highest BCUT2D eigenvalue weighted by atomic mass is 32.1. The lowest BCUT2D eigenvalue weighted by Gasteiger charge is -2.01. The maximum atomic E-state index is 11.5. The first-order valence-electron chi connectivity index (χ1n) is 4.33. The number of carbonyl (C=O) groups excluding carboxylic acids is 1. The standard InChI is InChI=1S/C10H9NO2S/c1-2-13-10(12)7-4-3-5-9-8(7)6-11-14-9/h3-6H,2H2,1H3. The van der Waals surface area contributed by atoms with Crippen molar-refractivity contribution in [3.63, 3.8) is 0 Å². The van der Waals surface area contributed by atoms with Crippen molar-refractivity contribution in [2.75, 3.05) is 6.61 Å². The van der Waals surface area contributed by atoms with E-state index in [0.717, 1.165) is 10.1 Å². The summed E-state index contributed by atoms with van der Waals surface area (Å²) in [7, 11) is 0. The summed E-state index contributed by atoms with van der Waals surface area (Å²) in [6.45, 7) is 2.19. The van der Waals surface area contributed by atoms with Gasteiger partial charge in [-0.15, -0.1) is 0 Å². The Balaban J connectivity index is 2.50. The molecule has 2 rings (SSSR count). The zero-order valence-electron chi connectivity index (χ0n) is 7.69. The molecule has 0 N–H and O–H groups in total. The van der Waals surface area contributed by atoms with Crippen LogP contribution in [0.5, 0.6) is 0 Å². The molecule has 4 heteroatoms. The molecule has 72 valence electrons. The van der Waals surface area contributed by atoms with E-state index >= 15 is 0 Å². The lowest BCUT2D eigenvalue weighted by Crippen LogP contribution is -2.04. The van der Waals surface area contributed by atoms with Gasteiger partial charge in [0, 0.05) is 11.6 Å². The second kappa shape index (κ2) is 3.75. The van der Waals surface area contributed by atoms with Crippen LogP contribution in [0.15, 0.2) is 24.4 Å². The molecule has 14 heavy (non-hydrogen) atoms. The first-order valence-corrected chi connectivity index (χ1v) is 5.11. The van der Waals surface area contributed by atoms with E-state index in [1.54, 1.807) is 19.2 Å². The van der Waals surface area contributed by atoms with Crippen molar-refractivity contribution >= 4 is 27.6 Å². The average Bonchev–Trinajstić information content (AvgIpc) is 2.65. The van der Waals surface area contributed by atoms with Crippen LogP contribution in [0.4, 0.5) is 0 Å². The molecule has 0 radical (unpaired) electrons. The number of rotatable bonds is 2. The van der Waals surface area contributed by atoms with Crippen molar-refractivity contribution in [2.45, 2.75) is 6.92 Å². The fourth-order valence-corrected chi connectivity index (χ4v) is 1.95. The van der Waals surface area contributed by atoms with Crippen LogP contribution < -0.4 is 0 Å². The summed E-state index contributed by atoms with van der Waals surface area (Å²) in [6, 6.07) is 5.54. The number of esters is 1. The summed E-state index contributed by atoms with van der Waals surface area (Å²) < 4.78 is 9.99. The van der Waals surface area contributed by atoms with Gasteiger partial charge in [-0.1, -0.05) is 6.07 Å². The van der Waals surface area contributed by atoms with Gasteiger partial charge in [0.1, 0.15) is 0 Å². The monoisotopic (exact) mass is 207 g/mol. The quantitative estimate of drug-likeness (QED) is 0.710. The predicted molar refractivity (Wildman–Crippen MR) is 55.6 cm³/mol. The maximum Gasteiger partial charge on any atom is 0.338 e. The molecule has 2 aromatic rings. The normalized spacial score (nSPS) is 10.4. The predicted octanol–water partition coefficient (Wildman–Crippen LogP) is 2.47. The molecular formula is C10H9NO2S. The molecule has 0 saturated heterocycles. The lowest BCUT2D eigenvalue weighted by molar-refractivity contribution is 0.0528. The van der Waals surface area contributed by atoms with Gasteiger partial charge in [0.15, 0.2) is 0 Å². The average molecular weight is 207 g/mol. The van der Waals surface area contributed by atoms with Crippen LogP contribution in [0.1, 0.15) is 17.3 Å². The van der Waals surface area contributed by atoms with Gasteiger partial charge in [0.05, 0.1) is 16.9 Å². The SMILES string of the molecule is CCOC(=O)c1cccc2sncc12. The molecule has 0 amide bonds. The number of hydrogen-bond donors (Lipinski definition) is 0. The molecule has 0 saturated carbocycles. The molecule has 0 fully saturated rings. The second-order valence-electron chi connectivity index (χ2n) is 2.76. The number of fused-ring (bicyclic) bond motifs is 1. The zero-order valence-corrected chi connectivity index (χ0v) is 8.50. The Morgan fingerprint density at radius 3 is 3.21 bits per heavy atom.